The van der Waals surface area contributed by atoms with E-state index in [0.29, 0.717) is 39.8 Å². The molecule has 6 rings (SSSR count). The van der Waals surface area contributed by atoms with Crippen molar-refractivity contribution in [1.29, 1.82) is 0 Å². The SMILES string of the molecule is Cc1ccc(C(=O)Nc2ccc(Oc3ccc4nc(NC(=O)C5CC5)cn4c3)cn2)[n+](O)c1-c1ccc(F)cc1. The van der Waals surface area contributed by atoms with Gasteiger partial charge in [-0.3, -0.25) is 14.8 Å². The molecule has 11 heteroatoms. The third-order valence-corrected chi connectivity index (χ3v) is 6.49. The second-order valence-corrected chi connectivity index (χ2v) is 9.52. The van der Waals surface area contributed by atoms with Crippen LogP contribution in [-0.4, -0.2) is 31.4 Å². The van der Waals surface area contributed by atoms with Crippen LogP contribution in [0.15, 0.2) is 79.3 Å². The minimum atomic E-state index is -0.581. The van der Waals surface area contributed by atoms with E-state index in [9.17, 15) is 19.2 Å². The summed E-state index contributed by atoms with van der Waals surface area (Å²) in [6, 6.07) is 15.6. The van der Waals surface area contributed by atoms with Crippen molar-refractivity contribution in [1.82, 2.24) is 14.4 Å². The highest BCUT2D eigenvalue weighted by atomic mass is 19.1. The average molecular weight is 540 g/mol. The number of anilines is 2. The molecule has 4 aromatic heterocycles. The molecule has 5 aromatic rings. The summed E-state index contributed by atoms with van der Waals surface area (Å²) in [4.78, 5) is 33.6. The van der Waals surface area contributed by atoms with Gasteiger partial charge in [-0.15, -0.1) is 0 Å². The van der Waals surface area contributed by atoms with E-state index in [4.69, 9.17) is 4.74 Å². The number of pyridine rings is 3. The van der Waals surface area contributed by atoms with Crippen molar-refractivity contribution in [2.24, 2.45) is 5.92 Å². The number of imidazole rings is 1. The molecule has 0 bridgehead atoms. The highest BCUT2D eigenvalue weighted by Gasteiger charge is 2.30. The van der Waals surface area contributed by atoms with Crippen molar-refractivity contribution >= 4 is 29.1 Å². The summed E-state index contributed by atoms with van der Waals surface area (Å²) in [5, 5.41) is 16.3. The van der Waals surface area contributed by atoms with Crippen LogP contribution in [0.25, 0.3) is 16.9 Å². The van der Waals surface area contributed by atoms with Gasteiger partial charge in [-0.25, -0.2) is 14.4 Å². The number of aryl methyl sites for hydroxylation is 1. The number of halogens is 1. The molecule has 4 heterocycles. The number of ether oxygens (including phenoxy) is 1. The van der Waals surface area contributed by atoms with Gasteiger partial charge in [0.05, 0.1) is 24.2 Å². The molecule has 0 saturated heterocycles. The van der Waals surface area contributed by atoms with Gasteiger partial charge >= 0.3 is 11.6 Å². The van der Waals surface area contributed by atoms with Crippen molar-refractivity contribution in [3.63, 3.8) is 0 Å². The lowest BCUT2D eigenvalue weighted by Crippen LogP contribution is -2.42. The van der Waals surface area contributed by atoms with E-state index >= 15 is 0 Å². The molecule has 40 heavy (non-hydrogen) atoms. The summed E-state index contributed by atoms with van der Waals surface area (Å²) in [5.74, 6) is 0.794. The van der Waals surface area contributed by atoms with Crippen LogP contribution in [-0.2, 0) is 4.79 Å². The van der Waals surface area contributed by atoms with Crippen molar-refractivity contribution in [2.75, 3.05) is 10.6 Å². The Balaban J connectivity index is 1.14. The second-order valence-electron chi connectivity index (χ2n) is 9.52. The lowest BCUT2D eigenvalue weighted by Gasteiger charge is -2.08. The first-order valence-corrected chi connectivity index (χ1v) is 12.6. The molecule has 10 nitrogen and oxygen atoms in total. The first-order valence-electron chi connectivity index (χ1n) is 12.6. The van der Waals surface area contributed by atoms with Crippen LogP contribution in [0.1, 0.15) is 28.9 Å². The highest BCUT2D eigenvalue weighted by molar-refractivity contribution is 6.01. The molecule has 0 radical (unpaired) electrons. The number of nitrogens with one attached hydrogen (secondary N) is 2. The number of rotatable bonds is 7. The van der Waals surface area contributed by atoms with Crippen LogP contribution in [0.4, 0.5) is 16.0 Å². The van der Waals surface area contributed by atoms with Crippen LogP contribution < -0.4 is 20.1 Å². The van der Waals surface area contributed by atoms with E-state index in [-0.39, 0.29) is 23.3 Å². The van der Waals surface area contributed by atoms with Gasteiger partial charge in [-0.05, 0) is 74.4 Å². The van der Waals surface area contributed by atoms with Crippen LogP contribution >= 0.6 is 0 Å². The maximum Gasteiger partial charge on any atom is 0.326 e. The van der Waals surface area contributed by atoms with Crippen molar-refractivity contribution in [2.45, 2.75) is 19.8 Å². The van der Waals surface area contributed by atoms with E-state index in [2.05, 4.69) is 20.6 Å². The van der Waals surface area contributed by atoms with Gasteiger partial charge in [-0.1, -0.05) is 0 Å². The summed E-state index contributed by atoms with van der Waals surface area (Å²) >= 11 is 0. The van der Waals surface area contributed by atoms with Crippen LogP contribution in [0.2, 0.25) is 0 Å². The van der Waals surface area contributed by atoms with Gasteiger partial charge in [0, 0.05) is 22.3 Å². The number of aromatic nitrogens is 4. The Morgan fingerprint density at radius 2 is 1.75 bits per heavy atom. The smallest absolute Gasteiger partial charge is 0.326 e. The molecule has 2 amide bonds. The van der Waals surface area contributed by atoms with E-state index in [1.807, 2.05) is 0 Å². The summed E-state index contributed by atoms with van der Waals surface area (Å²) < 4.78 is 21.8. The maximum absolute atomic E-state index is 13.4. The summed E-state index contributed by atoms with van der Waals surface area (Å²) in [5.41, 5.74) is 2.28. The Morgan fingerprint density at radius 3 is 2.48 bits per heavy atom. The monoisotopic (exact) mass is 539 g/mol. The Hall–Kier alpha value is -5.32. The molecule has 1 aromatic carbocycles. The Labute approximate surface area is 227 Å². The zero-order valence-electron chi connectivity index (χ0n) is 21.3. The molecule has 1 aliphatic carbocycles. The predicted molar refractivity (Wildman–Crippen MR) is 143 cm³/mol. The molecule has 0 unspecified atom stereocenters. The lowest BCUT2D eigenvalue weighted by atomic mass is 10.1. The molecule has 1 saturated carbocycles. The fraction of sp³-hybridized carbons (Fsp3) is 0.138. The van der Waals surface area contributed by atoms with Crippen molar-refractivity contribution < 1.29 is 28.7 Å². The largest absolute Gasteiger partial charge is 0.454 e. The van der Waals surface area contributed by atoms with E-state index < -0.39 is 11.7 Å². The number of hydrogen-bond acceptors (Lipinski definition) is 6. The minimum Gasteiger partial charge on any atom is -0.454 e. The van der Waals surface area contributed by atoms with E-state index in [1.54, 1.807) is 54.0 Å². The molecule has 0 aliphatic heterocycles. The predicted octanol–water partition coefficient (Wildman–Crippen LogP) is 4.76. The lowest BCUT2D eigenvalue weighted by molar-refractivity contribution is -0.897. The minimum absolute atomic E-state index is 0.0114. The van der Waals surface area contributed by atoms with Crippen LogP contribution in [0.5, 0.6) is 11.5 Å². The molecular formula is C29H24FN6O4+. The first-order chi connectivity index (χ1) is 19.3. The third-order valence-electron chi connectivity index (χ3n) is 6.49. The van der Waals surface area contributed by atoms with Gasteiger partial charge in [0.25, 0.3) is 5.69 Å². The number of amides is 2. The van der Waals surface area contributed by atoms with Gasteiger partial charge in [0.15, 0.2) is 5.82 Å². The maximum atomic E-state index is 13.4. The highest BCUT2D eigenvalue weighted by Crippen LogP contribution is 2.30. The molecule has 1 aliphatic rings. The number of fused-ring (bicyclic) bond motifs is 1. The second kappa shape index (κ2) is 10.1. The molecule has 0 spiro atoms. The van der Waals surface area contributed by atoms with Gasteiger partial charge in [0.1, 0.15) is 28.8 Å². The van der Waals surface area contributed by atoms with Crippen LogP contribution in [0.3, 0.4) is 0 Å². The van der Waals surface area contributed by atoms with Gasteiger partial charge in [0.2, 0.25) is 5.91 Å². The van der Waals surface area contributed by atoms with Crippen molar-refractivity contribution in [3.8, 4) is 22.8 Å². The summed E-state index contributed by atoms with van der Waals surface area (Å²) in [6.45, 7) is 1.78. The number of carbonyl (C=O) groups excluding carboxylic acids is 2. The molecule has 0 atom stereocenters. The van der Waals surface area contributed by atoms with Crippen LogP contribution in [0, 0.1) is 18.7 Å². The quantitative estimate of drug-likeness (QED) is 0.203. The summed E-state index contributed by atoms with van der Waals surface area (Å²) in [6.07, 6.45) is 6.75. The van der Waals surface area contributed by atoms with Gasteiger partial charge in [-0.2, -0.15) is 0 Å². The van der Waals surface area contributed by atoms with Gasteiger partial charge < -0.3 is 19.8 Å². The molecule has 3 N–H and O–H groups in total. The third kappa shape index (κ3) is 5.17. The average Bonchev–Trinajstić information content (AvgIpc) is 3.71. The summed E-state index contributed by atoms with van der Waals surface area (Å²) in [7, 11) is 0. The fourth-order valence-electron chi connectivity index (χ4n) is 4.27. The zero-order chi connectivity index (χ0) is 27.8. The van der Waals surface area contributed by atoms with E-state index in [0.717, 1.165) is 17.6 Å². The first kappa shape index (κ1) is 25.0. The van der Waals surface area contributed by atoms with E-state index in [1.165, 1.54) is 36.5 Å². The standard InChI is InChI=1S/C29H23FN6O4/c1-17-2-11-23(36(39)27(17)18-5-7-20(30)8-6-18)29(38)33-24-12-9-21(14-31-24)40-22-10-13-26-32-25(16-35(26)15-22)34-28(37)19-3-4-19/h2,5-16,19H,3-4H2,1H3,(H2-,31,33,34,37,38,39)/p+1. The van der Waals surface area contributed by atoms with Crippen molar-refractivity contribution in [3.05, 3.63) is 96.3 Å². The number of hydrogen-bond donors (Lipinski definition) is 3. The Kier molecular flexibility index (Phi) is 6.31. The molecule has 1 fully saturated rings. The fourth-order valence-corrected chi connectivity index (χ4v) is 4.27. The molecule has 200 valence electrons. The Morgan fingerprint density at radius 1 is 0.975 bits per heavy atom. The molecular weight excluding hydrogens is 515 g/mol. The topological polar surface area (TPSA) is 122 Å². The normalized spacial score (nSPS) is 12.8. The zero-order valence-corrected chi connectivity index (χ0v) is 21.3. The number of nitrogens with zero attached hydrogens (tertiary/aromatic N) is 4. The number of carbonyl (C=O) groups is 2. The Bertz CT molecular complexity index is 1750. The number of benzene rings is 1.